The van der Waals surface area contributed by atoms with Gasteiger partial charge in [-0.05, 0) is 47.8 Å². The van der Waals surface area contributed by atoms with Gasteiger partial charge in [0.05, 0.1) is 5.56 Å². The number of allylic oxidation sites excluding steroid dienone is 1. The first kappa shape index (κ1) is 24.7. The number of fused-ring (bicyclic) bond motifs is 3. The second kappa shape index (κ2) is 8.37. The van der Waals surface area contributed by atoms with Crippen LogP contribution in [0, 0.1) is 29.6 Å². The van der Waals surface area contributed by atoms with Crippen molar-refractivity contribution < 1.29 is 34.8 Å². The van der Waals surface area contributed by atoms with Gasteiger partial charge in [-0.25, -0.2) is 0 Å². The van der Waals surface area contributed by atoms with E-state index < -0.39 is 57.9 Å². The molecule has 4 rings (SSSR count). The first-order chi connectivity index (χ1) is 16.3. The number of aliphatic hydroxyl groups is 3. The summed E-state index contributed by atoms with van der Waals surface area (Å²) >= 11 is 0. The lowest BCUT2D eigenvalue weighted by molar-refractivity contribution is -0.155. The van der Waals surface area contributed by atoms with Crippen LogP contribution < -0.4 is 5.73 Å². The van der Waals surface area contributed by atoms with E-state index in [-0.39, 0.29) is 41.6 Å². The Balaban J connectivity index is 1.96. The Morgan fingerprint density at radius 3 is 2.37 bits per heavy atom. The molecule has 1 aromatic carbocycles. The highest BCUT2D eigenvalue weighted by molar-refractivity contribution is 6.23. The molecule has 0 radical (unpaired) electrons. The van der Waals surface area contributed by atoms with Crippen LogP contribution in [-0.2, 0) is 20.8 Å². The SMILES string of the molecule is CC(C)/C=C/c1ccc(O)c2c1C[C@H]1C[C@H]3[C@H](C(C)C)C(=O)C(C(N)=O)=C(O)[C@@]3(O)C(=O)C1=C2O. The summed E-state index contributed by atoms with van der Waals surface area (Å²) < 4.78 is 0. The molecular formula is C27H31NO7. The van der Waals surface area contributed by atoms with E-state index in [4.69, 9.17) is 5.73 Å². The molecule has 1 amide bonds. The molecule has 186 valence electrons. The third-order valence-corrected chi connectivity index (χ3v) is 7.55. The fraction of sp³-hybridized carbons (Fsp3) is 0.444. The molecule has 0 aliphatic heterocycles. The molecule has 8 nitrogen and oxygen atoms in total. The standard InChI is InChI=1S/C27H31NO7/c1-11(2)5-6-13-7-8-17(29)20-15(13)9-14-10-16-18(12(3)4)22(30)21(26(28)34)25(33)27(16,35)24(32)19(14)23(20)31/h5-8,11-12,14,16,18,29,31,33,35H,9-10H2,1-4H3,(H2,28,34)/b6-5+/t14-,16-,18-,27-/m0/s1. The topological polar surface area (TPSA) is 158 Å². The van der Waals surface area contributed by atoms with Crippen molar-refractivity contribution in [3.63, 3.8) is 0 Å². The summed E-state index contributed by atoms with van der Waals surface area (Å²) in [5, 5.41) is 44.2. The first-order valence-electron chi connectivity index (χ1n) is 11.8. The highest BCUT2D eigenvalue weighted by atomic mass is 16.3. The summed E-state index contributed by atoms with van der Waals surface area (Å²) in [6, 6.07) is 3.17. The van der Waals surface area contributed by atoms with Crippen LogP contribution in [0.5, 0.6) is 5.75 Å². The number of amides is 1. The lowest BCUT2D eigenvalue weighted by Gasteiger charge is -2.50. The highest BCUT2D eigenvalue weighted by Gasteiger charge is 2.64. The molecule has 0 heterocycles. The summed E-state index contributed by atoms with van der Waals surface area (Å²) in [7, 11) is 0. The van der Waals surface area contributed by atoms with Crippen LogP contribution in [0.15, 0.2) is 35.1 Å². The normalized spacial score (nSPS) is 28.6. The Morgan fingerprint density at radius 2 is 1.80 bits per heavy atom. The molecule has 4 atom stereocenters. The van der Waals surface area contributed by atoms with Gasteiger partial charge >= 0.3 is 0 Å². The Morgan fingerprint density at radius 1 is 1.14 bits per heavy atom. The number of nitrogens with two attached hydrogens (primary N) is 1. The maximum absolute atomic E-state index is 13.8. The van der Waals surface area contributed by atoms with Gasteiger partial charge in [0.1, 0.15) is 22.8 Å². The van der Waals surface area contributed by atoms with Crippen molar-refractivity contribution in [1.29, 1.82) is 0 Å². The fourth-order valence-electron chi connectivity index (χ4n) is 5.96. The van der Waals surface area contributed by atoms with Gasteiger partial charge in [-0.3, -0.25) is 14.4 Å². The van der Waals surface area contributed by atoms with E-state index in [0.717, 1.165) is 5.56 Å². The Bertz CT molecular complexity index is 1240. The van der Waals surface area contributed by atoms with Crippen molar-refractivity contribution in [2.45, 2.75) is 46.1 Å². The zero-order chi connectivity index (χ0) is 26.0. The second-order valence-electron chi connectivity index (χ2n) is 10.5. The minimum Gasteiger partial charge on any atom is -0.508 e. The average molecular weight is 482 g/mol. The number of ketones is 2. The molecule has 1 fully saturated rings. The number of hydrogen-bond donors (Lipinski definition) is 5. The minimum absolute atomic E-state index is 0.100. The molecule has 35 heavy (non-hydrogen) atoms. The smallest absolute Gasteiger partial charge is 0.255 e. The highest BCUT2D eigenvalue weighted by Crippen LogP contribution is 2.54. The maximum Gasteiger partial charge on any atom is 0.255 e. The number of primary amides is 1. The molecule has 0 spiro atoms. The molecule has 0 aromatic heterocycles. The number of hydrogen-bond acceptors (Lipinski definition) is 7. The maximum atomic E-state index is 13.8. The fourth-order valence-corrected chi connectivity index (χ4v) is 5.96. The molecule has 1 saturated carbocycles. The molecule has 0 bridgehead atoms. The second-order valence-corrected chi connectivity index (χ2v) is 10.5. The van der Waals surface area contributed by atoms with Crippen LogP contribution in [0.4, 0.5) is 0 Å². The third-order valence-electron chi connectivity index (χ3n) is 7.55. The molecule has 1 aromatic rings. The number of benzene rings is 1. The van der Waals surface area contributed by atoms with Gasteiger partial charge in [0.15, 0.2) is 11.4 Å². The van der Waals surface area contributed by atoms with Gasteiger partial charge in [0, 0.05) is 17.4 Å². The summed E-state index contributed by atoms with van der Waals surface area (Å²) in [6.07, 6.45) is 4.27. The van der Waals surface area contributed by atoms with Gasteiger partial charge in [0.2, 0.25) is 5.78 Å². The number of aliphatic hydroxyl groups excluding tert-OH is 2. The monoisotopic (exact) mass is 481 g/mol. The Hall–Kier alpha value is -3.39. The number of phenolic OH excluding ortho intramolecular Hbond substituents is 1. The molecule has 3 aliphatic carbocycles. The number of phenols is 1. The lowest BCUT2D eigenvalue weighted by atomic mass is 9.54. The number of rotatable bonds is 4. The van der Waals surface area contributed by atoms with Gasteiger partial charge < -0.3 is 26.2 Å². The zero-order valence-corrected chi connectivity index (χ0v) is 20.2. The van der Waals surface area contributed by atoms with Crippen LogP contribution in [0.1, 0.15) is 50.8 Å². The van der Waals surface area contributed by atoms with Crippen molar-refractivity contribution in [2.75, 3.05) is 0 Å². The van der Waals surface area contributed by atoms with Crippen LogP contribution in [0.3, 0.4) is 0 Å². The van der Waals surface area contributed by atoms with E-state index in [2.05, 4.69) is 0 Å². The predicted molar refractivity (Wildman–Crippen MR) is 129 cm³/mol. The molecule has 0 unspecified atom stereocenters. The van der Waals surface area contributed by atoms with E-state index in [1.54, 1.807) is 19.9 Å². The van der Waals surface area contributed by atoms with E-state index in [1.807, 2.05) is 26.0 Å². The molecular weight excluding hydrogens is 450 g/mol. The summed E-state index contributed by atoms with van der Waals surface area (Å²) in [4.78, 5) is 39.0. The van der Waals surface area contributed by atoms with Gasteiger partial charge in [0.25, 0.3) is 5.91 Å². The van der Waals surface area contributed by atoms with E-state index >= 15 is 0 Å². The largest absolute Gasteiger partial charge is 0.508 e. The first-order valence-corrected chi connectivity index (χ1v) is 11.8. The lowest BCUT2D eigenvalue weighted by Crippen LogP contribution is -2.62. The summed E-state index contributed by atoms with van der Waals surface area (Å²) in [5.74, 6) is -7.28. The number of carbonyl (C=O) groups is 3. The van der Waals surface area contributed by atoms with Crippen LogP contribution in [0.25, 0.3) is 11.8 Å². The molecule has 8 heteroatoms. The van der Waals surface area contributed by atoms with Gasteiger partial charge in [-0.1, -0.05) is 45.9 Å². The predicted octanol–water partition coefficient (Wildman–Crippen LogP) is 2.98. The number of aromatic hydroxyl groups is 1. The summed E-state index contributed by atoms with van der Waals surface area (Å²) in [6.45, 7) is 7.51. The van der Waals surface area contributed by atoms with Crippen LogP contribution >= 0.6 is 0 Å². The van der Waals surface area contributed by atoms with E-state index in [9.17, 15) is 34.8 Å². The quantitative estimate of drug-likeness (QED) is 0.414. The van der Waals surface area contributed by atoms with E-state index in [0.29, 0.717) is 5.56 Å². The number of Topliss-reactive ketones (excluding diaryl/α,β-unsaturated/α-hetero) is 2. The molecule has 6 N–H and O–H groups in total. The Kier molecular flexibility index (Phi) is 5.92. The van der Waals surface area contributed by atoms with Crippen molar-refractivity contribution in [3.8, 4) is 5.75 Å². The van der Waals surface area contributed by atoms with Gasteiger partial charge in [-0.2, -0.15) is 0 Å². The van der Waals surface area contributed by atoms with Crippen molar-refractivity contribution in [1.82, 2.24) is 0 Å². The average Bonchev–Trinajstić information content (AvgIpc) is 2.75. The zero-order valence-electron chi connectivity index (χ0n) is 20.2. The third kappa shape index (κ3) is 3.50. The van der Waals surface area contributed by atoms with E-state index in [1.165, 1.54) is 6.07 Å². The number of carbonyl (C=O) groups excluding carboxylic acids is 3. The van der Waals surface area contributed by atoms with Crippen molar-refractivity contribution in [3.05, 3.63) is 51.8 Å². The van der Waals surface area contributed by atoms with Crippen LogP contribution in [0.2, 0.25) is 0 Å². The minimum atomic E-state index is -2.59. The Labute approximate surface area is 203 Å². The van der Waals surface area contributed by atoms with Gasteiger partial charge in [-0.15, -0.1) is 0 Å². The molecule has 3 aliphatic rings. The van der Waals surface area contributed by atoms with Crippen molar-refractivity contribution in [2.24, 2.45) is 35.3 Å². The van der Waals surface area contributed by atoms with Crippen LogP contribution in [-0.4, -0.2) is 43.5 Å². The molecule has 0 saturated heterocycles. The van der Waals surface area contributed by atoms with Crippen molar-refractivity contribution >= 4 is 29.3 Å². The summed E-state index contributed by atoms with van der Waals surface area (Å²) in [5.41, 5.74) is 3.38.